The maximum atomic E-state index is 2.54. The van der Waals surface area contributed by atoms with Gasteiger partial charge >= 0.3 is 0 Å². The van der Waals surface area contributed by atoms with Crippen LogP contribution in [0.25, 0.3) is 0 Å². The van der Waals surface area contributed by atoms with Crippen molar-refractivity contribution in [1.82, 2.24) is 0 Å². The van der Waals surface area contributed by atoms with Crippen LogP contribution in [-0.4, -0.2) is 12.6 Å². The van der Waals surface area contributed by atoms with Crippen molar-refractivity contribution in [1.29, 1.82) is 0 Å². The maximum Gasteiger partial charge on any atom is 0.0368 e. The van der Waals surface area contributed by atoms with Gasteiger partial charge in [0.15, 0.2) is 0 Å². The lowest BCUT2D eigenvalue weighted by Crippen LogP contribution is -2.28. The Hall–Kier alpha value is -0.980. The van der Waals surface area contributed by atoms with E-state index in [1.54, 1.807) is 0 Å². The van der Waals surface area contributed by atoms with E-state index in [1.807, 2.05) is 0 Å². The summed E-state index contributed by atoms with van der Waals surface area (Å²) in [4.78, 5) is 2.54. The van der Waals surface area contributed by atoms with Crippen LogP contribution < -0.4 is 4.90 Å². The van der Waals surface area contributed by atoms with Gasteiger partial charge in [-0.15, -0.1) is 0 Å². The standard InChI is InChI=1S/C12H17N/c1-2-11-9-6-10-13(11)12-7-4-3-5-8-12/h3-5,7-8,11H,2,6,9-10H2,1H3. The lowest BCUT2D eigenvalue weighted by atomic mass is 10.1. The SMILES string of the molecule is CCC1CCCN1c1ccccc1. The normalized spacial score (nSPS) is 22.2. The molecule has 0 bridgehead atoms. The molecule has 1 unspecified atom stereocenters. The zero-order valence-corrected chi connectivity index (χ0v) is 8.24. The fraction of sp³-hybridized carbons (Fsp3) is 0.500. The zero-order valence-electron chi connectivity index (χ0n) is 8.24. The molecular weight excluding hydrogens is 158 g/mol. The molecule has 0 spiro atoms. The molecule has 2 rings (SSSR count). The molecule has 1 heterocycles. The third-order valence-electron chi connectivity index (χ3n) is 2.94. The molecule has 0 amide bonds. The summed E-state index contributed by atoms with van der Waals surface area (Å²) < 4.78 is 0. The second kappa shape index (κ2) is 3.82. The smallest absolute Gasteiger partial charge is 0.0368 e. The van der Waals surface area contributed by atoms with E-state index in [9.17, 15) is 0 Å². The Morgan fingerprint density at radius 3 is 2.77 bits per heavy atom. The Kier molecular flexibility index (Phi) is 2.53. The van der Waals surface area contributed by atoms with Crippen LogP contribution in [-0.2, 0) is 0 Å². The minimum atomic E-state index is 0.780. The highest BCUT2D eigenvalue weighted by Crippen LogP contribution is 2.26. The van der Waals surface area contributed by atoms with E-state index in [0.29, 0.717) is 0 Å². The highest BCUT2D eigenvalue weighted by atomic mass is 15.2. The molecule has 0 aliphatic carbocycles. The molecule has 1 heteroatoms. The highest BCUT2D eigenvalue weighted by Gasteiger charge is 2.22. The van der Waals surface area contributed by atoms with Gasteiger partial charge in [-0.25, -0.2) is 0 Å². The first-order valence-corrected chi connectivity index (χ1v) is 5.23. The molecule has 1 aromatic rings. The number of rotatable bonds is 2. The van der Waals surface area contributed by atoms with Crippen molar-refractivity contribution in [2.24, 2.45) is 0 Å². The molecule has 1 saturated heterocycles. The predicted molar refractivity (Wildman–Crippen MR) is 57.1 cm³/mol. The summed E-state index contributed by atoms with van der Waals surface area (Å²) in [7, 11) is 0. The van der Waals surface area contributed by atoms with Gasteiger partial charge in [0.05, 0.1) is 0 Å². The third kappa shape index (κ3) is 1.69. The topological polar surface area (TPSA) is 3.24 Å². The van der Waals surface area contributed by atoms with Crippen LogP contribution in [0.15, 0.2) is 30.3 Å². The van der Waals surface area contributed by atoms with E-state index in [0.717, 1.165) is 6.04 Å². The molecular formula is C12H17N. The van der Waals surface area contributed by atoms with Crippen LogP contribution in [0.2, 0.25) is 0 Å². The van der Waals surface area contributed by atoms with Crippen LogP contribution in [0.1, 0.15) is 26.2 Å². The van der Waals surface area contributed by atoms with E-state index in [-0.39, 0.29) is 0 Å². The summed E-state index contributed by atoms with van der Waals surface area (Å²) in [6, 6.07) is 11.5. The maximum absolute atomic E-state index is 2.54. The lowest BCUT2D eigenvalue weighted by Gasteiger charge is -2.25. The Labute approximate surface area is 80.4 Å². The molecule has 1 aromatic carbocycles. The summed E-state index contributed by atoms with van der Waals surface area (Å²) in [5, 5.41) is 0. The van der Waals surface area contributed by atoms with Crippen LogP contribution >= 0.6 is 0 Å². The first kappa shape index (κ1) is 8.61. The van der Waals surface area contributed by atoms with Crippen molar-refractivity contribution < 1.29 is 0 Å². The fourth-order valence-corrected chi connectivity index (χ4v) is 2.22. The fourth-order valence-electron chi connectivity index (χ4n) is 2.22. The average molecular weight is 175 g/mol. The van der Waals surface area contributed by atoms with E-state index in [1.165, 1.54) is 31.5 Å². The van der Waals surface area contributed by atoms with E-state index < -0.39 is 0 Å². The van der Waals surface area contributed by atoms with Gasteiger partial charge in [0.1, 0.15) is 0 Å². The second-order valence-electron chi connectivity index (χ2n) is 3.73. The number of hydrogen-bond donors (Lipinski definition) is 0. The molecule has 0 aromatic heterocycles. The van der Waals surface area contributed by atoms with Crippen LogP contribution in [0.3, 0.4) is 0 Å². The lowest BCUT2D eigenvalue weighted by molar-refractivity contribution is 0.645. The molecule has 1 nitrogen and oxygen atoms in total. The van der Waals surface area contributed by atoms with Crippen molar-refractivity contribution in [3.8, 4) is 0 Å². The number of anilines is 1. The van der Waals surface area contributed by atoms with Crippen molar-refractivity contribution in [3.05, 3.63) is 30.3 Å². The Morgan fingerprint density at radius 2 is 2.08 bits per heavy atom. The minimum absolute atomic E-state index is 0.780. The van der Waals surface area contributed by atoms with E-state index in [4.69, 9.17) is 0 Å². The van der Waals surface area contributed by atoms with Gasteiger partial charge in [-0.05, 0) is 31.4 Å². The Bertz CT molecular complexity index is 255. The molecule has 1 aliphatic heterocycles. The molecule has 13 heavy (non-hydrogen) atoms. The third-order valence-corrected chi connectivity index (χ3v) is 2.94. The predicted octanol–water partition coefficient (Wildman–Crippen LogP) is 3.07. The second-order valence-corrected chi connectivity index (χ2v) is 3.73. The van der Waals surface area contributed by atoms with Gasteiger partial charge in [-0.1, -0.05) is 25.1 Å². The largest absolute Gasteiger partial charge is 0.369 e. The van der Waals surface area contributed by atoms with Crippen LogP contribution in [0.5, 0.6) is 0 Å². The quantitative estimate of drug-likeness (QED) is 0.667. The molecule has 0 saturated carbocycles. The summed E-state index contributed by atoms with van der Waals surface area (Å²) in [5.41, 5.74) is 1.40. The average Bonchev–Trinajstić information content (AvgIpc) is 2.67. The summed E-state index contributed by atoms with van der Waals surface area (Å²) in [6.45, 7) is 3.52. The summed E-state index contributed by atoms with van der Waals surface area (Å²) in [5.74, 6) is 0. The zero-order chi connectivity index (χ0) is 9.10. The van der Waals surface area contributed by atoms with Crippen molar-refractivity contribution in [2.45, 2.75) is 32.2 Å². The van der Waals surface area contributed by atoms with E-state index in [2.05, 4.69) is 42.2 Å². The summed E-state index contributed by atoms with van der Waals surface area (Å²) >= 11 is 0. The number of nitrogens with zero attached hydrogens (tertiary/aromatic N) is 1. The van der Waals surface area contributed by atoms with Gasteiger partial charge in [0, 0.05) is 18.3 Å². The number of hydrogen-bond acceptors (Lipinski definition) is 1. The Morgan fingerprint density at radius 1 is 1.31 bits per heavy atom. The molecule has 1 aliphatic rings. The first-order valence-electron chi connectivity index (χ1n) is 5.23. The molecule has 0 radical (unpaired) electrons. The van der Waals surface area contributed by atoms with Gasteiger partial charge in [0.2, 0.25) is 0 Å². The van der Waals surface area contributed by atoms with Crippen LogP contribution in [0, 0.1) is 0 Å². The first-order chi connectivity index (χ1) is 6.42. The molecule has 1 fully saturated rings. The monoisotopic (exact) mass is 175 g/mol. The Balaban J connectivity index is 2.16. The van der Waals surface area contributed by atoms with E-state index >= 15 is 0 Å². The number of benzene rings is 1. The van der Waals surface area contributed by atoms with Gasteiger partial charge in [-0.3, -0.25) is 0 Å². The van der Waals surface area contributed by atoms with Crippen molar-refractivity contribution in [2.75, 3.05) is 11.4 Å². The minimum Gasteiger partial charge on any atom is -0.369 e. The van der Waals surface area contributed by atoms with Crippen molar-refractivity contribution in [3.63, 3.8) is 0 Å². The number of para-hydroxylation sites is 1. The van der Waals surface area contributed by atoms with Gasteiger partial charge < -0.3 is 4.90 Å². The van der Waals surface area contributed by atoms with Gasteiger partial charge in [-0.2, -0.15) is 0 Å². The molecule has 70 valence electrons. The molecule has 1 atom stereocenters. The summed E-state index contributed by atoms with van der Waals surface area (Å²) in [6.07, 6.45) is 3.99. The van der Waals surface area contributed by atoms with Gasteiger partial charge in [0.25, 0.3) is 0 Å². The van der Waals surface area contributed by atoms with Crippen LogP contribution in [0.4, 0.5) is 5.69 Å². The molecule has 0 N–H and O–H groups in total. The van der Waals surface area contributed by atoms with Crippen molar-refractivity contribution >= 4 is 5.69 Å². The highest BCUT2D eigenvalue weighted by molar-refractivity contribution is 5.47.